The van der Waals surface area contributed by atoms with Crippen molar-refractivity contribution < 1.29 is 18.3 Å². The number of nitrogens with zero attached hydrogens (tertiary/aromatic N) is 2. The molecular weight excluding hydrogens is 258 g/mol. The van der Waals surface area contributed by atoms with Gasteiger partial charge in [-0.15, -0.1) is 0 Å². The summed E-state index contributed by atoms with van der Waals surface area (Å²) in [6.07, 6.45) is 1.24. The third-order valence-corrected chi connectivity index (χ3v) is 3.62. The van der Waals surface area contributed by atoms with Crippen molar-refractivity contribution in [3.8, 4) is 6.07 Å². The van der Waals surface area contributed by atoms with E-state index in [0.29, 0.717) is 0 Å². The molecule has 0 aliphatic carbocycles. The average Bonchev–Trinajstić information content (AvgIpc) is 2.72. The number of aromatic carboxylic acids is 1. The van der Waals surface area contributed by atoms with Crippen LogP contribution in [0.15, 0.2) is 17.2 Å². The van der Waals surface area contributed by atoms with E-state index in [1.807, 2.05) is 4.72 Å². The van der Waals surface area contributed by atoms with E-state index in [0.717, 1.165) is 6.07 Å². The standard InChI is InChI=1S/C10H13N3O4S/c1-7(2)13-6-8(5-9(13)10(14)15)18(16,17)12-4-3-11/h5-7,12H,4H2,1-2H3,(H,14,15). The van der Waals surface area contributed by atoms with Crippen LogP contribution in [0.3, 0.4) is 0 Å². The van der Waals surface area contributed by atoms with E-state index in [9.17, 15) is 13.2 Å². The van der Waals surface area contributed by atoms with Crippen molar-refractivity contribution in [2.75, 3.05) is 6.54 Å². The summed E-state index contributed by atoms with van der Waals surface area (Å²) < 4.78 is 26.9. The van der Waals surface area contributed by atoms with Gasteiger partial charge in [-0.2, -0.15) is 9.98 Å². The molecule has 1 aromatic rings. The van der Waals surface area contributed by atoms with Crippen molar-refractivity contribution in [2.24, 2.45) is 0 Å². The summed E-state index contributed by atoms with van der Waals surface area (Å²) in [7, 11) is -3.85. The Morgan fingerprint density at radius 3 is 2.61 bits per heavy atom. The second kappa shape index (κ2) is 5.20. The molecule has 8 heteroatoms. The van der Waals surface area contributed by atoms with Gasteiger partial charge in [-0.05, 0) is 19.9 Å². The molecule has 0 aromatic carbocycles. The maximum Gasteiger partial charge on any atom is 0.352 e. The number of carboxylic acids is 1. The molecule has 98 valence electrons. The molecule has 7 nitrogen and oxygen atoms in total. The minimum Gasteiger partial charge on any atom is -0.477 e. The zero-order chi connectivity index (χ0) is 13.9. The highest BCUT2D eigenvalue weighted by Gasteiger charge is 2.21. The quantitative estimate of drug-likeness (QED) is 0.760. The first kappa shape index (κ1) is 14.2. The van der Waals surface area contributed by atoms with Gasteiger partial charge in [-0.25, -0.2) is 13.2 Å². The Morgan fingerprint density at radius 2 is 2.22 bits per heavy atom. The first-order valence-corrected chi connectivity index (χ1v) is 6.59. The molecule has 0 bridgehead atoms. The molecule has 2 N–H and O–H groups in total. The summed E-state index contributed by atoms with van der Waals surface area (Å²) in [4.78, 5) is 10.8. The molecule has 0 saturated heterocycles. The van der Waals surface area contributed by atoms with E-state index < -0.39 is 16.0 Å². The van der Waals surface area contributed by atoms with Crippen molar-refractivity contribution in [2.45, 2.75) is 24.8 Å². The zero-order valence-corrected chi connectivity index (χ0v) is 10.7. The summed E-state index contributed by atoms with van der Waals surface area (Å²) in [5.41, 5.74) is -0.109. The number of nitrogens with one attached hydrogen (secondary N) is 1. The highest BCUT2D eigenvalue weighted by Crippen LogP contribution is 2.18. The normalized spacial score (nSPS) is 11.4. The van der Waals surface area contributed by atoms with Crippen molar-refractivity contribution in [3.05, 3.63) is 18.0 Å². The topological polar surface area (TPSA) is 112 Å². The van der Waals surface area contributed by atoms with E-state index in [4.69, 9.17) is 10.4 Å². The molecule has 0 spiro atoms. The van der Waals surface area contributed by atoms with Gasteiger partial charge in [0.15, 0.2) is 0 Å². The lowest BCUT2D eigenvalue weighted by molar-refractivity contribution is 0.0683. The first-order valence-electron chi connectivity index (χ1n) is 5.11. The zero-order valence-electron chi connectivity index (χ0n) is 9.91. The van der Waals surface area contributed by atoms with Gasteiger partial charge in [0.25, 0.3) is 0 Å². The maximum atomic E-state index is 11.7. The molecule has 0 fully saturated rings. The average molecular weight is 271 g/mol. The molecule has 0 radical (unpaired) electrons. The predicted octanol–water partition coefficient (Wildman–Crippen LogP) is 0.569. The van der Waals surface area contributed by atoms with Gasteiger partial charge in [-0.3, -0.25) is 0 Å². The van der Waals surface area contributed by atoms with Crippen LogP contribution in [0, 0.1) is 11.3 Å². The number of carbonyl (C=O) groups is 1. The van der Waals surface area contributed by atoms with Crippen LogP contribution < -0.4 is 4.72 Å². The van der Waals surface area contributed by atoms with Gasteiger partial charge in [0.2, 0.25) is 10.0 Å². The van der Waals surface area contributed by atoms with Crippen LogP contribution in [-0.2, 0) is 10.0 Å². The number of rotatable bonds is 5. The largest absolute Gasteiger partial charge is 0.477 e. The lowest BCUT2D eigenvalue weighted by Gasteiger charge is -2.09. The molecule has 1 heterocycles. The van der Waals surface area contributed by atoms with E-state index in [-0.39, 0.29) is 23.2 Å². The van der Waals surface area contributed by atoms with Crippen LogP contribution >= 0.6 is 0 Å². The number of hydrogen-bond donors (Lipinski definition) is 2. The second-order valence-electron chi connectivity index (χ2n) is 3.85. The second-order valence-corrected chi connectivity index (χ2v) is 5.62. The van der Waals surface area contributed by atoms with Gasteiger partial charge in [0.05, 0.1) is 12.6 Å². The fourth-order valence-electron chi connectivity index (χ4n) is 1.41. The molecular formula is C10H13N3O4S. The smallest absolute Gasteiger partial charge is 0.352 e. The number of nitriles is 1. The van der Waals surface area contributed by atoms with E-state index in [1.165, 1.54) is 10.8 Å². The summed E-state index contributed by atoms with van der Waals surface area (Å²) in [5.74, 6) is -1.20. The van der Waals surface area contributed by atoms with Crippen LogP contribution in [0.4, 0.5) is 0 Å². The van der Waals surface area contributed by atoms with Gasteiger partial charge in [0.1, 0.15) is 10.6 Å². The van der Waals surface area contributed by atoms with Crippen molar-refractivity contribution in [3.63, 3.8) is 0 Å². The Labute approximate surface area is 105 Å². The third kappa shape index (κ3) is 2.88. The van der Waals surface area contributed by atoms with Crippen LogP contribution in [0.5, 0.6) is 0 Å². The van der Waals surface area contributed by atoms with Crippen molar-refractivity contribution in [1.82, 2.24) is 9.29 Å². The van der Waals surface area contributed by atoms with Gasteiger partial charge < -0.3 is 9.67 Å². The molecule has 1 aromatic heterocycles. The molecule has 0 amide bonds. The van der Waals surface area contributed by atoms with Gasteiger partial charge >= 0.3 is 5.97 Å². The van der Waals surface area contributed by atoms with E-state index in [1.54, 1.807) is 19.9 Å². The Morgan fingerprint density at radius 1 is 1.61 bits per heavy atom. The Bertz CT molecular complexity index is 595. The Balaban J connectivity index is 3.25. The predicted molar refractivity (Wildman–Crippen MR) is 62.6 cm³/mol. The number of sulfonamides is 1. The fourth-order valence-corrected chi connectivity index (χ4v) is 2.35. The van der Waals surface area contributed by atoms with Gasteiger partial charge in [0, 0.05) is 12.2 Å². The summed E-state index contributed by atoms with van der Waals surface area (Å²) >= 11 is 0. The molecule has 18 heavy (non-hydrogen) atoms. The highest BCUT2D eigenvalue weighted by atomic mass is 32.2. The molecule has 0 atom stereocenters. The minimum atomic E-state index is -3.85. The molecule has 0 unspecified atom stereocenters. The molecule has 0 saturated carbocycles. The lowest BCUT2D eigenvalue weighted by atomic mass is 10.3. The SMILES string of the molecule is CC(C)n1cc(S(=O)(=O)NCC#N)cc1C(=O)O. The summed E-state index contributed by atoms with van der Waals surface area (Å²) in [6.45, 7) is 3.12. The van der Waals surface area contributed by atoms with Crippen LogP contribution in [0.1, 0.15) is 30.4 Å². The van der Waals surface area contributed by atoms with Gasteiger partial charge in [-0.1, -0.05) is 0 Å². The van der Waals surface area contributed by atoms with E-state index >= 15 is 0 Å². The van der Waals surface area contributed by atoms with E-state index in [2.05, 4.69) is 0 Å². The van der Waals surface area contributed by atoms with Crippen LogP contribution in [-0.4, -0.2) is 30.6 Å². The summed E-state index contributed by atoms with van der Waals surface area (Å²) in [6, 6.07) is 2.53. The first-order chi connectivity index (χ1) is 8.29. The monoisotopic (exact) mass is 271 g/mol. The molecule has 1 rings (SSSR count). The number of carboxylic acid groups (broad SMARTS) is 1. The number of hydrogen-bond acceptors (Lipinski definition) is 4. The third-order valence-electron chi connectivity index (χ3n) is 2.25. The fraction of sp³-hybridized carbons (Fsp3) is 0.400. The molecule has 0 aliphatic heterocycles. The van der Waals surface area contributed by atoms with Crippen LogP contribution in [0.2, 0.25) is 0 Å². The Kier molecular flexibility index (Phi) is 4.11. The maximum absolute atomic E-state index is 11.7. The van der Waals surface area contributed by atoms with Crippen LogP contribution in [0.25, 0.3) is 0 Å². The minimum absolute atomic E-state index is 0.109. The molecule has 0 aliphatic rings. The van der Waals surface area contributed by atoms with Crippen molar-refractivity contribution >= 4 is 16.0 Å². The summed E-state index contributed by atoms with van der Waals surface area (Å²) in [5, 5.41) is 17.3. The lowest BCUT2D eigenvalue weighted by Crippen LogP contribution is -2.23. The number of aromatic nitrogens is 1. The Hall–Kier alpha value is -1.85. The van der Waals surface area contributed by atoms with Crippen molar-refractivity contribution in [1.29, 1.82) is 5.26 Å². The highest BCUT2D eigenvalue weighted by molar-refractivity contribution is 7.89.